The third-order valence-corrected chi connectivity index (χ3v) is 3.69. The summed E-state index contributed by atoms with van der Waals surface area (Å²) in [7, 11) is 0. The molecule has 0 fully saturated rings. The van der Waals surface area contributed by atoms with Gasteiger partial charge in [-0.25, -0.2) is 0 Å². The lowest BCUT2D eigenvalue weighted by atomic mass is 10.2. The maximum atomic E-state index is 5.89. The fourth-order valence-electron chi connectivity index (χ4n) is 2.46. The molecule has 6 nitrogen and oxygen atoms in total. The maximum Gasteiger partial charge on any atom is 0.161 e. The van der Waals surface area contributed by atoms with Crippen LogP contribution in [-0.2, 0) is 18.9 Å². The van der Waals surface area contributed by atoms with Gasteiger partial charge in [0, 0.05) is 0 Å². The summed E-state index contributed by atoms with van der Waals surface area (Å²) in [5.74, 6) is 1.44. The molecule has 1 aliphatic rings. The highest BCUT2D eigenvalue weighted by molar-refractivity contribution is 5.39. The van der Waals surface area contributed by atoms with Gasteiger partial charge in [-0.2, -0.15) is 0 Å². The molecule has 1 atom stereocenters. The Morgan fingerprint density at radius 3 is 1.96 bits per heavy atom. The molecular weight excluding hydrogens is 324 g/mol. The number of hydrogen-bond donors (Lipinski definition) is 0. The molecule has 142 valence electrons. The Bertz CT molecular complexity index is 453. The van der Waals surface area contributed by atoms with Crippen LogP contribution in [0.3, 0.4) is 0 Å². The van der Waals surface area contributed by atoms with E-state index in [1.54, 1.807) is 0 Å². The third kappa shape index (κ3) is 8.54. The van der Waals surface area contributed by atoms with Crippen LogP contribution in [0.15, 0.2) is 24.3 Å². The van der Waals surface area contributed by atoms with Gasteiger partial charge in [0.05, 0.1) is 52.4 Å². The van der Waals surface area contributed by atoms with Gasteiger partial charge in [0.2, 0.25) is 0 Å². The molecule has 25 heavy (non-hydrogen) atoms. The van der Waals surface area contributed by atoms with Crippen molar-refractivity contribution in [1.82, 2.24) is 0 Å². The monoisotopic (exact) mass is 354 g/mol. The molecule has 2 rings (SSSR count). The first-order valence-electron chi connectivity index (χ1n) is 9.09. The molecule has 0 aromatic heterocycles. The Balaban J connectivity index is 1.86. The van der Waals surface area contributed by atoms with Crippen molar-refractivity contribution in [3.8, 4) is 11.5 Å². The number of hydrogen-bond acceptors (Lipinski definition) is 6. The minimum absolute atomic E-state index is 0.0855. The van der Waals surface area contributed by atoms with E-state index in [1.165, 1.54) is 0 Å². The lowest BCUT2D eigenvalue weighted by molar-refractivity contribution is -0.0456. The van der Waals surface area contributed by atoms with Gasteiger partial charge in [-0.1, -0.05) is 25.5 Å². The Morgan fingerprint density at radius 2 is 1.32 bits per heavy atom. The van der Waals surface area contributed by atoms with Gasteiger partial charge in [0.1, 0.15) is 13.2 Å². The summed E-state index contributed by atoms with van der Waals surface area (Å²) < 4.78 is 34.1. The molecule has 1 unspecified atom stereocenters. The van der Waals surface area contributed by atoms with E-state index in [9.17, 15) is 0 Å². The molecule has 0 spiro atoms. The molecule has 0 bridgehead atoms. The van der Waals surface area contributed by atoms with Crippen LogP contribution in [0.4, 0.5) is 0 Å². The minimum atomic E-state index is 0.0855. The molecule has 0 saturated heterocycles. The molecule has 0 saturated carbocycles. The zero-order chi connectivity index (χ0) is 17.6. The van der Waals surface area contributed by atoms with Crippen LogP contribution in [0.1, 0.15) is 19.8 Å². The normalized spacial score (nSPS) is 21.9. The van der Waals surface area contributed by atoms with Gasteiger partial charge >= 0.3 is 0 Å². The lowest BCUT2D eigenvalue weighted by Crippen LogP contribution is -2.24. The Labute approximate surface area is 150 Å². The highest BCUT2D eigenvalue weighted by atomic mass is 16.6. The second-order valence-electron chi connectivity index (χ2n) is 5.72. The summed E-state index contributed by atoms with van der Waals surface area (Å²) in [4.78, 5) is 0. The summed E-state index contributed by atoms with van der Waals surface area (Å²) in [6.45, 7) is 6.92. The fourth-order valence-corrected chi connectivity index (χ4v) is 2.46. The Hall–Kier alpha value is -1.34. The summed E-state index contributed by atoms with van der Waals surface area (Å²) in [6, 6.07) is 7.64. The Morgan fingerprint density at radius 1 is 0.760 bits per heavy atom. The van der Waals surface area contributed by atoms with Crippen molar-refractivity contribution in [3.05, 3.63) is 24.3 Å². The van der Waals surface area contributed by atoms with Crippen LogP contribution in [0.25, 0.3) is 0 Å². The lowest BCUT2D eigenvalue weighted by Gasteiger charge is -2.18. The molecular formula is C19H30O6. The summed E-state index contributed by atoms with van der Waals surface area (Å²) in [6.07, 6.45) is 2.11. The van der Waals surface area contributed by atoms with Gasteiger partial charge in [0.25, 0.3) is 0 Å². The van der Waals surface area contributed by atoms with Crippen LogP contribution in [0.5, 0.6) is 11.5 Å². The number of ether oxygens (including phenoxy) is 6. The quantitative estimate of drug-likeness (QED) is 0.814. The summed E-state index contributed by atoms with van der Waals surface area (Å²) >= 11 is 0. The van der Waals surface area contributed by atoms with Gasteiger partial charge in [-0.15, -0.1) is 0 Å². The van der Waals surface area contributed by atoms with E-state index in [0.29, 0.717) is 59.5 Å². The fraction of sp³-hybridized carbons (Fsp3) is 0.684. The topological polar surface area (TPSA) is 55.4 Å². The van der Waals surface area contributed by atoms with Crippen molar-refractivity contribution in [2.45, 2.75) is 25.9 Å². The highest BCUT2D eigenvalue weighted by Crippen LogP contribution is 2.26. The number of rotatable bonds is 2. The van der Waals surface area contributed by atoms with Crippen LogP contribution < -0.4 is 9.47 Å². The van der Waals surface area contributed by atoms with Crippen molar-refractivity contribution < 1.29 is 28.4 Å². The predicted molar refractivity (Wildman–Crippen MR) is 94.5 cm³/mol. The standard InChI is InChI=1S/C19H30O6/c1-2-5-17-16-22-11-10-20-8-9-21-12-13-24-18-6-3-4-7-19(18)25-15-14-23-17/h3-4,6-7,17H,2,5,8-16H2,1H3. The second kappa shape index (κ2) is 12.9. The second-order valence-corrected chi connectivity index (χ2v) is 5.72. The zero-order valence-corrected chi connectivity index (χ0v) is 15.1. The molecule has 0 N–H and O–H groups in total. The van der Waals surface area contributed by atoms with E-state index in [2.05, 4.69) is 6.92 Å². The first-order valence-corrected chi connectivity index (χ1v) is 9.09. The predicted octanol–water partition coefficient (Wildman–Crippen LogP) is 2.69. The number of benzene rings is 1. The summed E-state index contributed by atoms with van der Waals surface area (Å²) in [5, 5.41) is 0. The van der Waals surface area contributed by atoms with Gasteiger partial charge in [-0.05, 0) is 18.6 Å². The van der Waals surface area contributed by atoms with Crippen molar-refractivity contribution in [1.29, 1.82) is 0 Å². The molecule has 0 aliphatic carbocycles. The molecule has 1 aliphatic heterocycles. The van der Waals surface area contributed by atoms with Crippen LogP contribution in [-0.4, -0.2) is 65.6 Å². The van der Waals surface area contributed by atoms with Crippen LogP contribution in [0.2, 0.25) is 0 Å². The van der Waals surface area contributed by atoms with Crippen molar-refractivity contribution >= 4 is 0 Å². The van der Waals surface area contributed by atoms with Crippen molar-refractivity contribution in [3.63, 3.8) is 0 Å². The van der Waals surface area contributed by atoms with E-state index in [1.807, 2.05) is 24.3 Å². The molecule has 0 radical (unpaired) electrons. The van der Waals surface area contributed by atoms with Crippen molar-refractivity contribution in [2.75, 3.05) is 59.5 Å². The molecule has 0 amide bonds. The van der Waals surface area contributed by atoms with Gasteiger partial charge in [-0.3, -0.25) is 0 Å². The zero-order valence-electron chi connectivity index (χ0n) is 15.1. The number of fused-ring (bicyclic) bond motifs is 1. The minimum Gasteiger partial charge on any atom is -0.487 e. The maximum absolute atomic E-state index is 5.89. The smallest absolute Gasteiger partial charge is 0.161 e. The van der Waals surface area contributed by atoms with E-state index >= 15 is 0 Å². The third-order valence-electron chi connectivity index (χ3n) is 3.69. The van der Waals surface area contributed by atoms with Gasteiger partial charge < -0.3 is 28.4 Å². The summed E-state index contributed by atoms with van der Waals surface area (Å²) in [5.41, 5.74) is 0. The van der Waals surface area contributed by atoms with Gasteiger partial charge in [0.15, 0.2) is 11.5 Å². The molecule has 6 heteroatoms. The number of para-hydroxylation sites is 2. The van der Waals surface area contributed by atoms with E-state index in [4.69, 9.17) is 28.4 Å². The first-order chi connectivity index (χ1) is 12.4. The average molecular weight is 354 g/mol. The molecule has 1 aromatic carbocycles. The SMILES string of the molecule is CCCC1COCCOCCOCCOc2ccccc2OCCO1. The van der Waals surface area contributed by atoms with E-state index in [0.717, 1.165) is 24.3 Å². The molecule has 1 heterocycles. The van der Waals surface area contributed by atoms with E-state index < -0.39 is 0 Å². The average Bonchev–Trinajstić information content (AvgIpc) is 2.63. The van der Waals surface area contributed by atoms with E-state index in [-0.39, 0.29) is 6.10 Å². The van der Waals surface area contributed by atoms with Crippen molar-refractivity contribution in [2.24, 2.45) is 0 Å². The largest absolute Gasteiger partial charge is 0.487 e. The molecule has 1 aromatic rings. The Kier molecular flexibility index (Phi) is 10.3. The first kappa shape index (κ1) is 20.0. The van der Waals surface area contributed by atoms with Crippen LogP contribution >= 0.6 is 0 Å². The van der Waals surface area contributed by atoms with Crippen LogP contribution in [0, 0.1) is 0 Å². The highest BCUT2D eigenvalue weighted by Gasteiger charge is 2.10.